The number of rotatable bonds is 4. The minimum atomic E-state index is 0.355. The Morgan fingerprint density at radius 3 is 2.52 bits per heavy atom. The molecule has 0 atom stereocenters. The maximum absolute atomic E-state index is 5.47. The highest BCUT2D eigenvalue weighted by Crippen LogP contribution is 2.29. The number of nitrogens with zero attached hydrogens (tertiary/aromatic N) is 9. The lowest BCUT2D eigenvalue weighted by Crippen LogP contribution is -2.47. The fourth-order valence-electron chi connectivity index (χ4n) is 3.27. The molecule has 0 unspecified atom stereocenters. The summed E-state index contributed by atoms with van der Waals surface area (Å²) in [5, 5.41) is 4.02. The van der Waals surface area contributed by atoms with Crippen molar-refractivity contribution in [2.24, 2.45) is 0 Å². The lowest BCUT2D eigenvalue weighted by atomic mass is 10.2. The molecule has 5 rings (SSSR count). The Balaban J connectivity index is 1.38. The topological polar surface area (TPSA) is 110 Å². The fourth-order valence-corrected chi connectivity index (χ4v) is 3.27. The van der Waals surface area contributed by atoms with E-state index in [1.165, 1.54) is 6.33 Å². The van der Waals surface area contributed by atoms with Gasteiger partial charge in [0.15, 0.2) is 0 Å². The summed E-state index contributed by atoms with van der Waals surface area (Å²) in [6.45, 7) is 3.28. The van der Waals surface area contributed by atoms with E-state index in [2.05, 4.69) is 44.9 Å². The quantitative estimate of drug-likeness (QED) is 0.513. The van der Waals surface area contributed by atoms with Crippen molar-refractivity contribution in [1.82, 2.24) is 35.1 Å². The highest BCUT2D eigenvalue weighted by molar-refractivity contribution is 5.70. The molecule has 0 aromatic carbocycles. The molecule has 29 heavy (non-hydrogen) atoms. The van der Waals surface area contributed by atoms with Crippen molar-refractivity contribution in [1.29, 1.82) is 0 Å². The van der Waals surface area contributed by atoms with Crippen molar-refractivity contribution < 1.29 is 4.52 Å². The van der Waals surface area contributed by atoms with Gasteiger partial charge in [0.05, 0.1) is 6.20 Å². The minimum Gasteiger partial charge on any atom is -0.353 e. The van der Waals surface area contributed by atoms with Crippen molar-refractivity contribution >= 4 is 11.6 Å². The predicted molar refractivity (Wildman–Crippen MR) is 105 cm³/mol. The smallest absolute Gasteiger partial charge is 0.263 e. The zero-order chi connectivity index (χ0) is 19.5. The van der Waals surface area contributed by atoms with Gasteiger partial charge in [-0.1, -0.05) is 11.2 Å². The molecule has 10 nitrogen and oxygen atoms in total. The Morgan fingerprint density at radius 1 is 0.828 bits per heavy atom. The summed E-state index contributed by atoms with van der Waals surface area (Å²) in [6, 6.07) is 5.95. The Kier molecular flexibility index (Phi) is 4.49. The van der Waals surface area contributed by atoms with Gasteiger partial charge in [0.2, 0.25) is 5.82 Å². The van der Waals surface area contributed by atoms with Crippen LogP contribution in [-0.2, 0) is 0 Å². The fraction of sp³-hybridized carbons (Fsp3) is 0.211. The number of hydrogen-bond donors (Lipinski definition) is 0. The van der Waals surface area contributed by atoms with E-state index in [9.17, 15) is 0 Å². The second kappa shape index (κ2) is 7.58. The van der Waals surface area contributed by atoms with Gasteiger partial charge in [-0.05, 0) is 12.1 Å². The van der Waals surface area contributed by atoms with Gasteiger partial charge in [-0.2, -0.15) is 4.98 Å². The molecule has 4 aromatic heterocycles. The van der Waals surface area contributed by atoms with E-state index in [0.717, 1.165) is 37.8 Å². The summed E-state index contributed by atoms with van der Waals surface area (Å²) in [5.41, 5.74) is 1.24. The van der Waals surface area contributed by atoms with Crippen molar-refractivity contribution in [3.05, 3.63) is 55.5 Å². The van der Waals surface area contributed by atoms with Gasteiger partial charge in [-0.25, -0.2) is 19.9 Å². The van der Waals surface area contributed by atoms with Crippen LogP contribution in [0.2, 0.25) is 0 Å². The Labute approximate surface area is 166 Å². The number of piperazine rings is 1. The normalized spacial score (nSPS) is 14.2. The molecule has 1 saturated heterocycles. The van der Waals surface area contributed by atoms with Gasteiger partial charge < -0.3 is 14.3 Å². The molecule has 10 heteroatoms. The largest absolute Gasteiger partial charge is 0.353 e. The van der Waals surface area contributed by atoms with Crippen LogP contribution in [0, 0.1) is 0 Å². The first-order valence-corrected chi connectivity index (χ1v) is 9.20. The average Bonchev–Trinajstić information content (AvgIpc) is 3.31. The molecule has 144 valence electrons. The summed E-state index contributed by atoms with van der Waals surface area (Å²) in [4.78, 5) is 30.2. The van der Waals surface area contributed by atoms with Crippen molar-refractivity contribution in [3.8, 4) is 23.0 Å². The monoisotopic (exact) mass is 387 g/mol. The third kappa shape index (κ3) is 3.47. The van der Waals surface area contributed by atoms with Crippen molar-refractivity contribution in [3.63, 3.8) is 0 Å². The molecule has 0 bridgehead atoms. The van der Waals surface area contributed by atoms with Crippen LogP contribution in [0.25, 0.3) is 23.0 Å². The zero-order valence-corrected chi connectivity index (χ0v) is 15.5. The van der Waals surface area contributed by atoms with Gasteiger partial charge in [0.1, 0.15) is 29.2 Å². The van der Waals surface area contributed by atoms with Gasteiger partial charge in [-0.3, -0.25) is 4.98 Å². The second-order valence-corrected chi connectivity index (χ2v) is 6.44. The SMILES string of the molecule is c1ccc(N2CCN(c3ncncc3-c3nc(-c4cnccn4)no3)CC2)nc1. The lowest BCUT2D eigenvalue weighted by Gasteiger charge is -2.36. The number of aromatic nitrogens is 7. The molecule has 5 heterocycles. The van der Waals surface area contributed by atoms with Crippen molar-refractivity contribution in [2.75, 3.05) is 36.0 Å². The molecule has 0 aliphatic carbocycles. The van der Waals surface area contributed by atoms with Gasteiger partial charge in [-0.15, -0.1) is 0 Å². The Morgan fingerprint density at radius 2 is 1.72 bits per heavy atom. The van der Waals surface area contributed by atoms with Crippen LogP contribution in [0.4, 0.5) is 11.6 Å². The first-order valence-electron chi connectivity index (χ1n) is 9.20. The second-order valence-electron chi connectivity index (χ2n) is 6.44. The molecule has 0 amide bonds. The summed E-state index contributed by atoms with van der Waals surface area (Å²) < 4.78 is 5.47. The molecular weight excluding hydrogens is 370 g/mol. The van der Waals surface area contributed by atoms with E-state index in [1.54, 1.807) is 24.8 Å². The molecule has 1 aliphatic heterocycles. The summed E-state index contributed by atoms with van der Waals surface area (Å²) in [7, 11) is 0. The van der Waals surface area contributed by atoms with E-state index in [1.807, 2.05) is 24.4 Å². The zero-order valence-electron chi connectivity index (χ0n) is 15.5. The van der Waals surface area contributed by atoms with Gasteiger partial charge >= 0.3 is 0 Å². The Bertz CT molecular complexity index is 1080. The number of anilines is 2. The third-order valence-corrected chi connectivity index (χ3v) is 4.69. The van der Waals surface area contributed by atoms with Crippen LogP contribution < -0.4 is 9.80 Å². The van der Waals surface area contributed by atoms with Crippen LogP contribution in [-0.4, -0.2) is 61.2 Å². The standard InChI is InChI=1S/C19H17N9O/c1-2-4-23-16(3-1)27-7-9-28(10-8-27)18-14(11-21-13-24-18)19-25-17(26-29-19)15-12-20-5-6-22-15/h1-6,11-13H,7-10H2. The number of hydrogen-bond acceptors (Lipinski definition) is 10. The molecule has 0 saturated carbocycles. The van der Waals surface area contributed by atoms with Gasteiger partial charge in [0, 0.05) is 51.0 Å². The summed E-state index contributed by atoms with van der Waals surface area (Å²) >= 11 is 0. The molecule has 0 N–H and O–H groups in total. The molecule has 4 aromatic rings. The van der Waals surface area contributed by atoms with E-state index in [-0.39, 0.29) is 0 Å². The molecule has 1 aliphatic rings. The van der Waals surface area contributed by atoms with Crippen LogP contribution in [0.3, 0.4) is 0 Å². The van der Waals surface area contributed by atoms with E-state index in [0.29, 0.717) is 23.0 Å². The average molecular weight is 387 g/mol. The molecule has 0 radical (unpaired) electrons. The summed E-state index contributed by atoms with van der Waals surface area (Å²) in [5.74, 6) is 2.49. The predicted octanol–water partition coefficient (Wildman–Crippen LogP) is 1.71. The van der Waals surface area contributed by atoms with Crippen LogP contribution in [0.5, 0.6) is 0 Å². The van der Waals surface area contributed by atoms with Crippen LogP contribution in [0.1, 0.15) is 0 Å². The highest BCUT2D eigenvalue weighted by Gasteiger charge is 2.24. The first kappa shape index (κ1) is 17.2. The maximum Gasteiger partial charge on any atom is 0.263 e. The van der Waals surface area contributed by atoms with E-state index >= 15 is 0 Å². The lowest BCUT2D eigenvalue weighted by molar-refractivity contribution is 0.431. The molecule has 0 spiro atoms. The van der Waals surface area contributed by atoms with E-state index < -0.39 is 0 Å². The highest BCUT2D eigenvalue weighted by atomic mass is 16.5. The maximum atomic E-state index is 5.47. The number of pyridine rings is 1. The first-order chi connectivity index (χ1) is 14.4. The third-order valence-electron chi connectivity index (χ3n) is 4.69. The van der Waals surface area contributed by atoms with E-state index in [4.69, 9.17) is 4.52 Å². The minimum absolute atomic E-state index is 0.355. The Hall–Kier alpha value is -3.95. The van der Waals surface area contributed by atoms with Crippen LogP contribution >= 0.6 is 0 Å². The molecular formula is C19H17N9O. The summed E-state index contributed by atoms with van der Waals surface area (Å²) in [6.07, 6.45) is 9.81. The van der Waals surface area contributed by atoms with Crippen molar-refractivity contribution in [2.45, 2.75) is 0 Å². The molecule has 1 fully saturated rings. The van der Waals surface area contributed by atoms with Gasteiger partial charge in [0.25, 0.3) is 5.89 Å². The van der Waals surface area contributed by atoms with Crippen LogP contribution in [0.15, 0.2) is 60.0 Å².